The summed E-state index contributed by atoms with van der Waals surface area (Å²) in [4.78, 5) is 11.6. The Morgan fingerprint density at radius 1 is 1.47 bits per heavy atom. The topological polar surface area (TPSA) is 29.1 Å². The van der Waals surface area contributed by atoms with Crippen LogP contribution in [0.1, 0.15) is 30.4 Å². The lowest BCUT2D eigenvalue weighted by molar-refractivity contribution is -0.129. The lowest BCUT2D eigenvalue weighted by Gasteiger charge is -2.35. The summed E-state index contributed by atoms with van der Waals surface area (Å²) in [5.74, 6) is -2.74. The number of hydrogen-bond donors (Lipinski definition) is 1. The molecule has 1 aliphatic rings. The van der Waals surface area contributed by atoms with Crippen molar-refractivity contribution in [2.75, 3.05) is 0 Å². The van der Waals surface area contributed by atoms with Crippen LogP contribution in [0, 0.1) is 6.92 Å². The summed E-state index contributed by atoms with van der Waals surface area (Å²) in [6.45, 7) is 2.00. The van der Waals surface area contributed by atoms with Crippen LogP contribution in [0.15, 0.2) is 22.7 Å². The largest absolute Gasteiger partial charge is 0.353 e. The molecule has 0 heterocycles. The van der Waals surface area contributed by atoms with E-state index in [0.29, 0.717) is 12.8 Å². The lowest BCUT2D eigenvalue weighted by atomic mass is 9.88. The Kier molecular flexibility index (Phi) is 4.23. The molecule has 1 aromatic rings. The molecule has 0 bridgehead atoms. The number of halogens is 3. The molecule has 19 heavy (non-hydrogen) atoms. The monoisotopic (exact) mass is 331 g/mol. The van der Waals surface area contributed by atoms with Crippen LogP contribution in [0.3, 0.4) is 0 Å². The van der Waals surface area contributed by atoms with Gasteiger partial charge >= 0.3 is 0 Å². The highest BCUT2D eigenvalue weighted by atomic mass is 79.9. The quantitative estimate of drug-likeness (QED) is 0.897. The number of amides is 1. The standard InChI is InChI=1S/C14H16BrF2NO/c1-9-2-3-10(12(15)6-9)4-5-13(19)18-11-7-14(16,17)8-11/h2-3,6,11H,4-5,7-8H2,1H3,(H,18,19). The summed E-state index contributed by atoms with van der Waals surface area (Å²) in [6.07, 6.45) is 0.472. The third-order valence-corrected chi connectivity index (χ3v) is 4.02. The molecule has 0 spiro atoms. The van der Waals surface area contributed by atoms with Crippen LogP contribution >= 0.6 is 15.9 Å². The molecule has 104 valence electrons. The molecule has 2 rings (SSSR count). The Morgan fingerprint density at radius 3 is 2.74 bits per heavy atom. The summed E-state index contributed by atoms with van der Waals surface area (Å²) in [7, 11) is 0. The maximum absolute atomic E-state index is 12.6. The number of carbonyl (C=O) groups is 1. The van der Waals surface area contributed by atoms with Crippen LogP contribution in [0.25, 0.3) is 0 Å². The molecule has 5 heteroatoms. The Bertz CT molecular complexity index is 482. The predicted octanol–water partition coefficient (Wildman–Crippen LogP) is 3.60. The molecular weight excluding hydrogens is 316 g/mol. The van der Waals surface area contributed by atoms with Gasteiger partial charge in [-0.3, -0.25) is 4.79 Å². The van der Waals surface area contributed by atoms with Gasteiger partial charge in [0.15, 0.2) is 0 Å². The van der Waals surface area contributed by atoms with E-state index in [2.05, 4.69) is 21.2 Å². The van der Waals surface area contributed by atoms with Gasteiger partial charge in [0.1, 0.15) is 0 Å². The van der Waals surface area contributed by atoms with Gasteiger partial charge in [-0.2, -0.15) is 0 Å². The Balaban J connectivity index is 1.77. The lowest BCUT2D eigenvalue weighted by Crippen LogP contribution is -2.50. The van der Waals surface area contributed by atoms with Crippen molar-refractivity contribution >= 4 is 21.8 Å². The van der Waals surface area contributed by atoms with Crippen LogP contribution in [-0.4, -0.2) is 17.9 Å². The first-order valence-electron chi connectivity index (χ1n) is 6.28. The zero-order chi connectivity index (χ0) is 14.0. The number of nitrogens with one attached hydrogen (secondary N) is 1. The van der Waals surface area contributed by atoms with Gasteiger partial charge in [0, 0.05) is 29.8 Å². The van der Waals surface area contributed by atoms with Gasteiger partial charge in [0.2, 0.25) is 5.91 Å². The van der Waals surface area contributed by atoms with Crippen LogP contribution in [0.5, 0.6) is 0 Å². The minimum atomic E-state index is -2.59. The molecule has 1 aromatic carbocycles. The first-order chi connectivity index (χ1) is 8.85. The molecule has 1 fully saturated rings. The summed E-state index contributed by atoms with van der Waals surface area (Å²) in [6, 6.07) is 5.61. The smallest absolute Gasteiger partial charge is 0.252 e. The van der Waals surface area contributed by atoms with E-state index in [-0.39, 0.29) is 24.8 Å². The summed E-state index contributed by atoms with van der Waals surface area (Å²) in [5, 5.41) is 2.64. The van der Waals surface area contributed by atoms with E-state index in [0.717, 1.165) is 15.6 Å². The first kappa shape index (κ1) is 14.4. The van der Waals surface area contributed by atoms with Crippen molar-refractivity contribution in [1.82, 2.24) is 5.32 Å². The summed E-state index contributed by atoms with van der Waals surface area (Å²) < 4.78 is 26.2. The average molecular weight is 332 g/mol. The zero-order valence-electron chi connectivity index (χ0n) is 10.7. The van der Waals surface area contributed by atoms with Crippen molar-refractivity contribution in [1.29, 1.82) is 0 Å². The maximum Gasteiger partial charge on any atom is 0.252 e. The number of benzene rings is 1. The van der Waals surface area contributed by atoms with Gasteiger partial charge in [-0.15, -0.1) is 0 Å². The van der Waals surface area contributed by atoms with Crippen LogP contribution in [-0.2, 0) is 11.2 Å². The molecule has 0 radical (unpaired) electrons. The number of alkyl halides is 2. The SMILES string of the molecule is Cc1ccc(CCC(=O)NC2CC(F)(F)C2)c(Br)c1. The Labute approximate surface area is 119 Å². The second-order valence-corrected chi connectivity index (χ2v) is 5.98. The minimum Gasteiger partial charge on any atom is -0.353 e. The van der Waals surface area contributed by atoms with E-state index >= 15 is 0 Å². The van der Waals surface area contributed by atoms with Gasteiger partial charge in [0.25, 0.3) is 5.92 Å². The molecule has 0 atom stereocenters. The molecule has 0 saturated heterocycles. The molecule has 0 aromatic heterocycles. The molecule has 0 aliphatic heterocycles. The van der Waals surface area contributed by atoms with Gasteiger partial charge < -0.3 is 5.32 Å². The van der Waals surface area contributed by atoms with Gasteiger partial charge in [-0.1, -0.05) is 28.1 Å². The maximum atomic E-state index is 12.6. The van der Waals surface area contributed by atoms with Crippen LogP contribution in [0.2, 0.25) is 0 Å². The van der Waals surface area contributed by atoms with E-state index in [4.69, 9.17) is 0 Å². The minimum absolute atomic E-state index is 0.159. The molecule has 2 nitrogen and oxygen atoms in total. The van der Waals surface area contributed by atoms with Crippen LogP contribution < -0.4 is 5.32 Å². The second-order valence-electron chi connectivity index (χ2n) is 5.12. The number of hydrogen-bond acceptors (Lipinski definition) is 1. The van der Waals surface area contributed by atoms with E-state index in [1.165, 1.54) is 0 Å². The van der Waals surface area contributed by atoms with Crippen molar-refractivity contribution in [2.45, 2.75) is 44.6 Å². The van der Waals surface area contributed by atoms with Crippen molar-refractivity contribution in [3.63, 3.8) is 0 Å². The van der Waals surface area contributed by atoms with E-state index in [9.17, 15) is 13.6 Å². The van der Waals surface area contributed by atoms with E-state index in [1.54, 1.807) is 0 Å². The summed E-state index contributed by atoms with van der Waals surface area (Å²) >= 11 is 3.46. The fourth-order valence-corrected chi connectivity index (χ4v) is 2.86. The van der Waals surface area contributed by atoms with Crippen molar-refractivity contribution in [3.8, 4) is 0 Å². The highest BCUT2D eigenvalue weighted by Crippen LogP contribution is 2.37. The van der Waals surface area contributed by atoms with E-state index < -0.39 is 5.92 Å². The first-order valence-corrected chi connectivity index (χ1v) is 7.07. The van der Waals surface area contributed by atoms with Gasteiger partial charge in [-0.25, -0.2) is 8.78 Å². The Hall–Kier alpha value is -0.970. The number of carbonyl (C=O) groups excluding carboxylic acids is 1. The van der Waals surface area contributed by atoms with Crippen molar-refractivity contribution in [3.05, 3.63) is 33.8 Å². The molecule has 1 N–H and O–H groups in total. The molecule has 1 saturated carbocycles. The van der Waals surface area contributed by atoms with Crippen molar-refractivity contribution < 1.29 is 13.6 Å². The average Bonchev–Trinajstić information content (AvgIpc) is 2.25. The van der Waals surface area contributed by atoms with E-state index in [1.807, 2.05) is 25.1 Å². The third kappa shape index (κ3) is 4.00. The van der Waals surface area contributed by atoms with Crippen molar-refractivity contribution in [2.24, 2.45) is 0 Å². The molecule has 0 unspecified atom stereocenters. The Morgan fingerprint density at radius 2 is 2.16 bits per heavy atom. The zero-order valence-corrected chi connectivity index (χ0v) is 12.3. The fourth-order valence-electron chi connectivity index (χ4n) is 2.17. The number of rotatable bonds is 4. The summed E-state index contributed by atoms with van der Waals surface area (Å²) in [5.41, 5.74) is 2.21. The highest BCUT2D eigenvalue weighted by Gasteiger charge is 2.45. The normalized spacial score (nSPS) is 17.9. The molecular formula is C14H16BrF2NO. The molecule has 1 amide bonds. The second kappa shape index (κ2) is 5.57. The fraction of sp³-hybridized carbons (Fsp3) is 0.500. The molecule has 1 aliphatic carbocycles. The third-order valence-electron chi connectivity index (χ3n) is 3.29. The highest BCUT2D eigenvalue weighted by molar-refractivity contribution is 9.10. The predicted molar refractivity (Wildman–Crippen MR) is 73.3 cm³/mol. The van der Waals surface area contributed by atoms with Gasteiger partial charge in [-0.05, 0) is 30.5 Å². The number of aryl methyl sites for hydroxylation is 2. The van der Waals surface area contributed by atoms with Crippen LogP contribution in [0.4, 0.5) is 8.78 Å². The van der Waals surface area contributed by atoms with Gasteiger partial charge in [0.05, 0.1) is 0 Å².